The van der Waals surface area contributed by atoms with E-state index >= 15 is 0 Å². The normalized spacial score (nSPS) is 11.3. The van der Waals surface area contributed by atoms with Crippen molar-refractivity contribution in [1.82, 2.24) is 9.99 Å². The van der Waals surface area contributed by atoms with Crippen molar-refractivity contribution in [2.45, 2.75) is 6.54 Å². The summed E-state index contributed by atoms with van der Waals surface area (Å²) in [7, 11) is 0. The second-order valence-electron chi connectivity index (χ2n) is 6.26. The Morgan fingerprint density at radius 2 is 1.50 bits per heavy atom. The average molecular weight is 390 g/mol. The lowest BCUT2D eigenvalue weighted by Crippen LogP contribution is -2.25. The van der Waals surface area contributed by atoms with Crippen LogP contribution in [0.4, 0.5) is 0 Å². The molecule has 28 heavy (non-hydrogen) atoms. The molecule has 0 aliphatic heterocycles. The van der Waals surface area contributed by atoms with Gasteiger partial charge < -0.3 is 4.57 Å². The van der Waals surface area contributed by atoms with E-state index in [9.17, 15) is 9.59 Å². The summed E-state index contributed by atoms with van der Waals surface area (Å²) in [5, 5.41) is 5.70. The van der Waals surface area contributed by atoms with Crippen molar-refractivity contribution in [1.29, 1.82) is 0 Å². The number of pyridine rings is 1. The molecular formula is C22H16ClN3O2. The molecule has 0 bridgehead atoms. The Kier molecular flexibility index (Phi) is 4.91. The summed E-state index contributed by atoms with van der Waals surface area (Å²) in [6, 6.07) is 21.8. The number of hydrogen-bond acceptors (Lipinski definition) is 3. The van der Waals surface area contributed by atoms with Gasteiger partial charge in [-0.1, -0.05) is 54.1 Å². The molecule has 1 amide bonds. The van der Waals surface area contributed by atoms with Crippen LogP contribution in [-0.2, 0) is 11.3 Å². The van der Waals surface area contributed by atoms with E-state index in [0.717, 1.165) is 0 Å². The summed E-state index contributed by atoms with van der Waals surface area (Å²) in [6.07, 6.45) is 1.50. The van der Waals surface area contributed by atoms with Crippen LogP contribution in [-0.4, -0.2) is 16.7 Å². The van der Waals surface area contributed by atoms with E-state index < -0.39 is 0 Å². The van der Waals surface area contributed by atoms with Gasteiger partial charge in [-0.2, -0.15) is 5.10 Å². The highest BCUT2D eigenvalue weighted by molar-refractivity contribution is 6.33. The first kappa shape index (κ1) is 17.9. The standard InChI is InChI=1S/C22H16ClN3O2/c23-18-10-4-1-7-15(18)13-24-25-21(27)14-26-19-11-5-2-8-16(19)22(28)17-9-3-6-12-20(17)26/h1-13H,14H2,(H,25,27). The van der Waals surface area contributed by atoms with Gasteiger partial charge in [-0.3, -0.25) is 9.59 Å². The van der Waals surface area contributed by atoms with Crippen molar-refractivity contribution >= 4 is 45.5 Å². The molecule has 6 heteroatoms. The number of nitrogens with one attached hydrogen (secondary N) is 1. The molecule has 0 saturated heterocycles. The molecule has 0 saturated carbocycles. The maximum atomic E-state index is 12.7. The summed E-state index contributed by atoms with van der Waals surface area (Å²) < 4.78 is 1.83. The van der Waals surface area contributed by atoms with Gasteiger partial charge in [0.2, 0.25) is 0 Å². The van der Waals surface area contributed by atoms with Crippen LogP contribution < -0.4 is 10.9 Å². The third-order valence-corrected chi connectivity index (χ3v) is 4.82. The summed E-state index contributed by atoms with van der Waals surface area (Å²) in [6.45, 7) is 0.0289. The van der Waals surface area contributed by atoms with Gasteiger partial charge in [-0.05, 0) is 30.3 Å². The first-order chi connectivity index (χ1) is 13.6. The minimum Gasteiger partial charge on any atom is -0.331 e. The summed E-state index contributed by atoms with van der Waals surface area (Å²) in [4.78, 5) is 25.2. The number of halogens is 1. The quantitative estimate of drug-likeness (QED) is 0.326. The molecule has 1 heterocycles. The van der Waals surface area contributed by atoms with E-state index in [1.54, 1.807) is 24.3 Å². The summed E-state index contributed by atoms with van der Waals surface area (Å²) in [5.74, 6) is -0.303. The van der Waals surface area contributed by atoms with Gasteiger partial charge in [0.15, 0.2) is 5.43 Å². The molecule has 0 aliphatic rings. The van der Waals surface area contributed by atoms with Gasteiger partial charge in [0.05, 0.1) is 17.2 Å². The van der Waals surface area contributed by atoms with Crippen molar-refractivity contribution in [3.8, 4) is 0 Å². The molecule has 4 aromatic rings. The Balaban J connectivity index is 1.67. The van der Waals surface area contributed by atoms with E-state index in [1.807, 2.05) is 53.1 Å². The fourth-order valence-electron chi connectivity index (χ4n) is 3.18. The van der Waals surface area contributed by atoms with Gasteiger partial charge in [0, 0.05) is 21.4 Å². The Hall–Kier alpha value is -3.44. The third kappa shape index (κ3) is 3.40. The van der Waals surface area contributed by atoms with Crippen LogP contribution in [0.25, 0.3) is 21.8 Å². The van der Waals surface area contributed by atoms with Crippen LogP contribution in [0.2, 0.25) is 5.02 Å². The smallest absolute Gasteiger partial charge is 0.260 e. The zero-order chi connectivity index (χ0) is 19.5. The number of para-hydroxylation sites is 2. The molecule has 0 radical (unpaired) electrons. The number of amides is 1. The second-order valence-corrected chi connectivity index (χ2v) is 6.67. The number of benzene rings is 3. The Labute approximate surface area is 165 Å². The summed E-state index contributed by atoms with van der Waals surface area (Å²) >= 11 is 6.08. The topological polar surface area (TPSA) is 63.5 Å². The minimum absolute atomic E-state index is 0.0289. The molecule has 1 N–H and O–H groups in total. The van der Waals surface area contributed by atoms with Gasteiger partial charge in [0.1, 0.15) is 6.54 Å². The monoisotopic (exact) mass is 389 g/mol. The molecule has 0 fully saturated rings. The first-order valence-corrected chi connectivity index (χ1v) is 9.09. The van der Waals surface area contributed by atoms with Gasteiger partial charge in [0.25, 0.3) is 5.91 Å². The second kappa shape index (κ2) is 7.66. The van der Waals surface area contributed by atoms with Crippen LogP contribution in [0.1, 0.15) is 5.56 Å². The fraction of sp³-hybridized carbons (Fsp3) is 0.0455. The van der Waals surface area contributed by atoms with E-state index in [-0.39, 0.29) is 17.9 Å². The van der Waals surface area contributed by atoms with E-state index in [4.69, 9.17) is 11.6 Å². The summed E-state index contributed by atoms with van der Waals surface area (Å²) in [5.41, 5.74) is 4.60. The predicted octanol–water partition coefficient (Wildman–Crippen LogP) is 3.96. The Morgan fingerprint density at radius 1 is 0.929 bits per heavy atom. The highest BCUT2D eigenvalue weighted by Crippen LogP contribution is 2.19. The minimum atomic E-state index is -0.303. The van der Waals surface area contributed by atoms with Crippen molar-refractivity contribution in [2.24, 2.45) is 5.10 Å². The zero-order valence-corrected chi connectivity index (χ0v) is 15.6. The Bertz CT molecular complexity index is 1220. The number of carbonyl (C=O) groups is 1. The maximum Gasteiger partial charge on any atom is 0.260 e. The van der Waals surface area contributed by atoms with Crippen molar-refractivity contribution < 1.29 is 4.79 Å². The molecule has 3 aromatic carbocycles. The van der Waals surface area contributed by atoms with Crippen LogP contribution >= 0.6 is 11.6 Å². The first-order valence-electron chi connectivity index (χ1n) is 8.72. The average Bonchev–Trinajstić information content (AvgIpc) is 2.72. The maximum absolute atomic E-state index is 12.7. The van der Waals surface area contributed by atoms with E-state index in [0.29, 0.717) is 32.4 Å². The SMILES string of the molecule is O=C(Cn1c2ccccc2c(=O)c2ccccc21)NN=Cc1ccccc1Cl. The molecule has 4 rings (SSSR count). The molecule has 138 valence electrons. The molecule has 0 atom stereocenters. The Morgan fingerprint density at radius 3 is 2.14 bits per heavy atom. The van der Waals surface area contributed by atoms with Crippen molar-refractivity contribution in [3.05, 3.63) is 93.6 Å². The van der Waals surface area contributed by atoms with Crippen LogP contribution in [0.5, 0.6) is 0 Å². The lowest BCUT2D eigenvalue weighted by atomic mass is 10.1. The third-order valence-electron chi connectivity index (χ3n) is 4.48. The number of rotatable bonds is 4. The molecule has 0 unspecified atom stereocenters. The fourth-order valence-corrected chi connectivity index (χ4v) is 3.36. The van der Waals surface area contributed by atoms with Gasteiger partial charge in [-0.25, -0.2) is 5.43 Å². The number of carbonyl (C=O) groups excluding carboxylic acids is 1. The zero-order valence-electron chi connectivity index (χ0n) is 14.8. The largest absolute Gasteiger partial charge is 0.331 e. The van der Waals surface area contributed by atoms with E-state index in [1.165, 1.54) is 6.21 Å². The predicted molar refractivity (Wildman–Crippen MR) is 113 cm³/mol. The van der Waals surface area contributed by atoms with Crippen LogP contribution in [0, 0.1) is 0 Å². The molecular weight excluding hydrogens is 374 g/mol. The van der Waals surface area contributed by atoms with Crippen molar-refractivity contribution in [3.63, 3.8) is 0 Å². The number of aromatic nitrogens is 1. The molecule has 1 aromatic heterocycles. The number of hydrogen-bond donors (Lipinski definition) is 1. The van der Waals surface area contributed by atoms with Gasteiger partial charge >= 0.3 is 0 Å². The highest BCUT2D eigenvalue weighted by atomic mass is 35.5. The highest BCUT2D eigenvalue weighted by Gasteiger charge is 2.12. The number of fused-ring (bicyclic) bond motifs is 2. The number of nitrogens with zero attached hydrogens (tertiary/aromatic N) is 2. The van der Waals surface area contributed by atoms with E-state index in [2.05, 4.69) is 10.5 Å². The van der Waals surface area contributed by atoms with Crippen molar-refractivity contribution in [2.75, 3.05) is 0 Å². The number of hydrazone groups is 1. The lowest BCUT2D eigenvalue weighted by Gasteiger charge is -2.14. The molecule has 0 spiro atoms. The van der Waals surface area contributed by atoms with Gasteiger partial charge in [-0.15, -0.1) is 0 Å². The van der Waals surface area contributed by atoms with Crippen LogP contribution in [0.3, 0.4) is 0 Å². The van der Waals surface area contributed by atoms with Crippen LogP contribution in [0.15, 0.2) is 82.7 Å². The molecule has 5 nitrogen and oxygen atoms in total. The molecule has 0 aliphatic carbocycles. The lowest BCUT2D eigenvalue weighted by molar-refractivity contribution is -0.121.